The van der Waals surface area contributed by atoms with Gasteiger partial charge in [0.1, 0.15) is 0 Å². The molecule has 1 heterocycles. The molecule has 0 saturated carbocycles. The lowest BCUT2D eigenvalue weighted by Gasteiger charge is -2.09. The van der Waals surface area contributed by atoms with Crippen molar-refractivity contribution in [2.75, 3.05) is 0 Å². The molecule has 1 aromatic heterocycles. The lowest BCUT2D eigenvalue weighted by molar-refractivity contribution is 0.0981. The Morgan fingerprint density at radius 3 is 2.31 bits per heavy atom. The van der Waals surface area contributed by atoms with Gasteiger partial charge in [0.05, 0.1) is 15.5 Å². The average Bonchev–Trinajstić information content (AvgIpc) is 2.62. The first-order chi connectivity index (χ1) is 12.4. The van der Waals surface area contributed by atoms with Gasteiger partial charge in [-0.15, -0.1) is 0 Å². The number of carbonyl (C=O) groups is 1. The van der Waals surface area contributed by atoms with Gasteiger partial charge in [0.2, 0.25) is 0 Å². The van der Waals surface area contributed by atoms with Crippen LogP contribution < -0.4 is 4.72 Å². The Morgan fingerprint density at radius 2 is 1.69 bits per heavy atom. The third kappa shape index (κ3) is 4.04. The third-order valence-electron chi connectivity index (χ3n) is 3.56. The second-order valence-electron chi connectivity index (χ2n) is 5.32. The highest BCUT2D eigenvalue weighted by atomic mass is 35.5. The molecule has 0 bridgehead atoms. The fourth-order valence-electron chi connectivity index (χ4n) is 2.27. The Morgan fingerprint density at radius 1 is 0.962 bits per heavy atom. The third-order valence-corrected chi connectivity index (χ3v) is 5.46. The predicted octanol–water partition coefficient (Wildman–Crippen LogP) is 4.17. The molecule has 0 spiro atoms. The summed E-state index contributed by atoms with van der Waals surface area (Å²) in [5.41, 5.74) is 1.68. The standard InChI is InChI=1S/C18H12Cl2N2O3S/c19-14-5-8-16(17(20)10-14)18(23)22-26(24,25)15-6-3-12(4-7-15)13-2-1-9-21-11-13/h1-11H,(H,22,23). The second kappa shape index (κ2) is 7.45. The van der Waals surface area contributed by atoms with Gasteiger partial charge in [-0.3, -0.25) is 9.78 Å². The highest BCUT2D eigenvalue weighted by Gasteiger charge is 2.20. The van der Waals surface area contributed by atoms with Gasteiger partial charge < -0.3 is 0 Å². The average molecular weight is 407 g/mol. The number of halogens is 2. The lowest BCUT2D eigenvalue weighted by atomic mass is 10.1. The van der Waals surface area contributed by atoms with Crippen LogP contribution in [0.4, 0.5) is 0 Å². The molecule has 0 saturated heterocycles. The Kier molecular flexibility index (Phi) is 5.27. The number of sulfonamides is 1. The monoisotopic (exact) mass is 406 g/mol. The van der Waals surface area contributed by atoms with Crippen LogP contribution in [-0.4, -0.2) is 19.3 Å². The quantitative estimate of drug-likeness (QED) is 0.704. The molecule has 0 aliphatic carbocycles. The van der Waals surface area contributed by atoms with Gasteiger partial charge >= 0.3 is 0 Å². The molecule has 0 unspecified atom stereocenters. The molecule has 132 valence electrons. The van der Waals surface area contributed by atoms with E-state index >= 15 is 0 Å². The van der Waals surface area contributed by atoms with Crippen molar-refractivity contribution >= 4 is 39.1 Å². The molecule has 3 aromatic rings. The molecule has 26 heavy (non-hydrogen) atoms. The smallest absolute Gasteiger partial charge is 0.266 e. The van der Waals surface area contributed by atoms with E-state index in [1.807, 2.05) is 10.8 Å². The summed E-state index contributed by atoms with van der Waals surface area (Å²) in [6.07, 6.45) is 3.33. The van der Waals surface area contributed by atoms with E-state index in [9.17, 15) is 13.2 Å². The van der Waals surface area contributed by atoms with E-state index in [0.29, 0.717) is 5.02 Å². The maximum atomic E-state index is 12.4. The van der Waals surface area contributed by atoms with Gasteiger partial charge in [0.25, 0.3) is 15.9 Å². The minimum absolute atomic E-state index is 0.0200. The van der Waals surface area contributed by atoms with Crippen LogP contribution >= 0.6 is 23.2 Å². The highest BCUT2D eigenvalue weighted by molar-refractivity contribution is 7.90. The van der Waals surface area contributed by atoms with E-state index < -0.39 is 15.9 Å². The van der Waals surface area contributed by atoms with E-state index in [1.54, 1.807) is 30.6 Å². The van der Waals surface area contributed by atoms with Gasteiger partial charge in [-0.25, -0.2) is 13.1 Å². The molecule has 1 amide bonds. The summed E-state index contributed by atoms with van der Waals surface area (Å²) in [5.74, 6) is -0.831. The van der Waals surface area contributed by atoms with Crippen LogP contribution in [0.25, 0.3) is 11.1 Å². The molecule has 0 atom stereocenters. The van der Waals surface area contributed by atoms with E-state index in [4.69, 9.17) is 23.2 Å². The fraction of sp³-hybridized carbons (Fsp3) is 0. The fourth-order valence-corrected chi connectivity index (χ4v) is 3.73. The number of pyridine rings is 1. The van der Waals surface area contributed by atoms with Crippen LogP contribution in [0.5, 0.6) is 0 Å². The zero-order valence-corrected chi connectivity index (χ0v) is 15.5. The van der Waals surface area contributed by atoms with Gasteiger partial charge in [-0.05, 0) is 47.5 Å². The molecule has 0 fully saturated rings. The molecular formula is C18H12Cl2N2O3S. The number of hydrogen-bond acceptors (Lipinski definition) is 4. The minimum Gasteiger partial charge on any atom is -0.268 e. The van der Waals surface area contributed by atoms with Crippen LogP contribution in [-0.2, 0) is 10.0 Å². The predicted molar refractivity (Wildman–Crippen MR) is 101 cm³/mol. The zero-order valence-electron chi connectivity index (χ0n) is 13.2. The number of nitrogens with one attached hydrogen (secondary N) is 1. The number of amides is 1. The van der Waals surface area contributed by atoms with Crippen molar-refractivity contribution in [3.05, 3.63) is 82.6 Å². The molecule has 2 aromatic carbocycles. The summed E-state index contributed by atoms with van der Waals surface area (Å²) in [5, 5.41) is 0.414. The number of aromatic nitrogens is 1. The van der Waals surface area contributed by atoms with Crippen molar-refractivity contribution in [1.29, 1.82) is 0 Å². The van der Waals surface area contributed by atoms with Crippen molar-refractivity contribution in [1.82, 2.24) is 9.71 Å². The summed E-state index contributed by atoms with van der Waals surface area (Å²) in [4.78, 5) is 16.2. The Labute approximate surface area is 160 Å². The Hall–Kier alpha value is -2.41. The maximum Gasteiger partial charge on any atom is 0.266 e. The lowest BCUT2D eigenvalue weighted by Crippen LogP contribution is -2.30. The van der Waals surface area contributed by atoms with Gasteiger partial charge in [-0.2, -0.15) is 0 Å². The number of carbonyl (C=O) groups excluding carboxylic acids is 1. The normalized spacial score (nSPS) is 11.2. The molecule has 0 aliphatic rings. The second-order valence-corrected chi connectivity index (χ2v) is 7.85. The largest absolute Gasteiger partial charge is 0.268 e. The summed E-state index contributed by atoms with van der Waals surface area (Å²) in [6, 6.07) is 14.0. The minimum atomic E-state index is -4.04. The molecular weight excluding hydrogens is 395 g/mol. The number of hydrogen-bond donors (Lipinski definition) is 1. The molecule has 0 radical (unpaired) electrons. The summed E-state index contributed by atoms with van der Waals surface area (Å²) in [7, 11) is -4.04. The van der Waals surface area contributed by atoms with E-state index in [0.717, 1.165) is 11.1 Å². The van der Waals surface area contributed by atoms with Gasteiger partial charge in [-0.1, -0.05) is 41.4 Å². The van der Waals surface area contributed by atoms with Crippen molar-refractivity contribution in [2.45, 2.75) is 4.90 Å². The maximum absolute atomic E-state index is 12.4. The molecule has 3 rings (SSSR count). The van der Waals surface area contributed by atoms with Crippen LogP contribution in [0, 0.1) is 0 Å². The van der Waals surface area contributed by atoms with Crippen molar-refractivity contribution in [2.24, 2.45) is 0 Å². The topological polar surface area (TPSA) is 76.1 Å². The van der Waals surface area contributed by atoms with Crippen LogP contribution in [0.3, 0.4) is 0 Å². The Bertz CT molecular complexity index is 1050. The SMILES string of the molecule is O=C(NS(=O)(=O)c1ccc(-c2cccnc2)cc1)c1ccc(Cl)cc1Cl. The van der Waals surface area contributed by atoms with Crippen molar-refractivity contribution < 1.29 is 13.2 Å². The van der Waals surface area contributed by atoms with Gasteiger partial charge in [0.15, 0.2) is 0 Å². The van der Waals surface area contributed by atoms with E-state index in [2.05, 4.69) is 4.98 Å². The summed E-state index contributed by atoms with van der Waals surface area (Å²) >= 11 is 11.7. The first-order valence-electron chi connectivity index (χ1n) is 7.39. The molecule has 8 heteroatoms. The van der Waals surface area contributed by atoms with Crippen molar-refractivity contribution in [3.8, 4) is 11.1 Å². The van der Waals surface area contributed by atoms with Crippen molar-refractivity contribution in [3.63, 3.8) is 0 Å². The van der Waals surface area contributed by atoms with Crippen LogP contribution in [0.15, 0.2) is 71.9 Å². The number of benzene rings is 2. The van der Waals surface area contributed by atoms with Crippen LogP contribution in [0.2, 0.25) is 10.0 Å². The van der Waals surface area contributed by atoms with E-state index in [1.165, 1.54) is 30.3 Å². The molecule has 1 N–H and O–H groups in total. The number of nitrogens with zero attached hydrogens (tertiary/aromatic N) is 1. The molecule has 0 aliphatic heterocycles. The summed E-state index contributed by atoms with van der Waals surface area (Å²) in [6.45, 7) is 0. The van der Waals surface area contributed by atoms with E-state index in [-0.39, 0.29) is 15.5 Å². The zero-order chi connectivity index (χ0) is 18.7. The number of rotatable bonds is 4. The van der Waals surface area contributed by atoms with Gasteiger partial charge in [0, 0.05) is 17.4 Å². The first-order valence-corrected chi connectivity index (χ1v) is 9.63. The van der Waals surface area contributed by atoms with Crippen LogP contribution in [0.1, 0.15) is 10.4 Å². The highest BCUT2D eigenvalue weighted by Crippen LogP contribution is 2.23. The summed E-state index contributed by atoms with van der Waals surface area (Å²) < 4.78 is 26.9. The molecule has 5 nitrogen and oxygen atoms in total. The Balaban J connectivity index is 1.83. The first kappa shape index (κ1) is 18.4.